The molecule has 1 saturated heterocycles. The molecule has 3 rings (SSSR count). The minimum atomic E-state index is 0.112. The molecule has 8 heteroatoms. The van der Waals surface area contributed by atoms with E-state index in [1.807, 2.05) is 19.9 Å². The molecule has 1 fully saturated rings. The Labute approximate surface area is 171 Å². The predicted octanol–water partition coefficient (Wildman–Crippen LogP) is 2.82. The maximum atomic E-state index is 5.96. The highest BCUT2D eigenvalue weighted by molar-refractivity contribution is 7.09. The Morgan fingerprint density at radius 3 is 2.75 bits per heavy atom. The Balaban J connectivity index is 1.74. The number of guanidine groups is 1. The fraction of sp³-hybridized carbons (Fsp3) is 0.600. The van der Waals surface area contributed by atoms with Crippen molar-refractivity contribution in [3.63, 3.8) is 0 Å². The molecule has 1 N–H and O–H groups in total. The number of furan rings is 1. The van der Waals surface area contributed by atoms with Gasteiger partial charge in [-0.25, -0.2) is 4.98 Å². The maximum absolute atomic E-state index is 5.96. The first-order valence-corrected chi connectivity index (χ1v) is 10.7. The van der Waals surface area contributed by atoms with Gasteiger partial charge in [0.25, 0.3) is 0 Å². The van der Waals surface area contributed by atoms with Crippen LogP contribution in [-0.4, -0.2) is 67.2 Å². The molecule has 1 unspecified atom stereocenters. The number of morpholine rings is 1. The molecule has 2 aromatic rings. The molecule has 154 valence electrons. The summed E-state index contributed by atoms with van der Waals surface area (Å²) in [6.45, 7) is 11.6. The Morgan fingerprint density at radius 2 is 2.14 bits per heavy atom. The van der Waals surface area contributed by atoms with E-state index in [0.29, 0.717) is 6.54 Å². The number of ether oxygens (including phenoxy) is 1. The second kappa shape index (κ2) is 10.0. The molecule has 2 aromatic heterocycles. The standard InChI is InChI=1S/C20H31N5O2S/c1-5-21-20(24(4)13-17-14-28-16(3)23-17)22-12-18(19-7-6-15(2)27-19)25-8-10-26-11-9-25/h6-7,14,18H,5,8-13H2,1-4H3,(H,21,22). The second-order valence-electron chi connectivity index (χ2n) is 7.02. The van der Waals surface area contributed by atoms with E-state index in [1.54, 1.807) is 11.3 Å². The molecule has 0 radical (unpaired) electrons. The highest BCUT2D eigenvalue weighted by atomic mass is 32.1. The third-order valence-electron chi connectivity index (χ3n) is 4.75. The van der Waals surface area contributed by atoms with Crippen molar-refractivity contribution in [3.8, 4) is 0 Å². The molecular formula is C20H31N5O2S. The summed E-state index contributed by atoms with van der Waals surface area (Å²) in [6, 6.07) is 4.20. The van der Waals surface area contributed by atoms with Crippen LogP contribution in [-0.2, 0) is 11.3 Å². The van der Waals surface area contributed by atoms with Crippen LogP contribution in [0.3, 0.4) is 0 Å². The van der Waals surface area contributed by atoms with Gasteiger partial charge in [-0.3, -0.25) is 9.89 Å². The van der Waals surface area contributed by atoms with Crippen molar-refractivity contribution >= 4 is 17.3 Å². The zero-order chi connectivity index (χ0) is 19.9. The van der Waals surface area contributed by atoms with Crippen LogP contribution in [0, 0.1) is 13.8 Å². The van der Waals surface area contributed by atoms with E-state index in [-0.39, 0.29) is 6.04 Å². The minimum Gasteiger partial charge on any atom is -0.465 e. The van der Waals surface area contributed by atoms with Crippen LogP contribution >= 0.6 is 11.3 Å². The number of aryl methyl sites for hydroxylation is 2. The van der Waals surface area contributed by atoms with Crippen molar-refractivity contribution in [1.29, 1.82) is 0 Å². The zero-order valence-corrected chi connectivity index (χ0v) is 18.1. The topological polar surface area (TPSA) is 66.1 Å². The average Bonchev–Trinajstić information content (AvgIpc) is 3.30. The summed E-state index contributed by atoms with van der Waals surface area (Å²) in [7, 11) is 2.05. The lowest BCUT2D eigenvalue weighted by molar-refractivity contribution is 0.0135. The molecule has 1 atom stereocenters. The quantitative estimate of drug-likeness (QED) is 0.564. The van der Waals surface area contributed by atoms with E-state index in [9.17, 15) is 0 Å². The molecule has 3 heterocycles. The van der Waals surface area contributed by atoms with Crippen LogP contribution in [0.1, 0.15) is 35.2 Å². The molecule has 28 heavy (non-hydrogen) atoms. The summed E-state index contributed by atoms with van der Waals surface area (Å²) in [5, 5.41) is 6.60. The van der Waals surface area contributed by atoms with E-state index in [1.165, 1.54) is 0 Å². The number of thiazole rings is 1. The number of hydrogen-bond donors (Lipinski definition) is 1. The summed E-state index contributed by atoms with van der Waals surface area (Å²) in [5.74, 6) is 2.78. The normalized spacial score (nSPS) is 16.9. The summed E-state index contributed by atoms with van der Waals surface area (Å²) in [4.78, 5) is 14.0. The lowest BCUT2D eigenvalue weighted by Crippen LogP contribution is -2.42. The number of nitrogens with zero attached hydrogens (tertiary/aromatic N) is 4. The Hall–Kier alpha value is -1.90. The average molecular weight is 406 g/mol. The Bertz CT molecular complexity index is 766. The summed E-state index contributed by atoms with van der Waals surface area (Å²) < 4.78 is 11.5. The fourth-order valence-electron chi connectivity index (χ4n) is 3.35. The van der Waals surface area contributed by atoms with Crippen LogP contribution in [0.5, 0.6) is 0 Å². The van der Waals surface area contributed by atoms with Gasteiger partial charge >= 0.3 is 0 Å². The number of aliphatic imine (C=N–C) groups is 1. The molecule has 0 saturated carbocycles. The highest BCUT2D eigenvalue weighted by Gasteiger charge is 2.25. The Morgan fingerprint density at radius 1 is 1.36 bits per heavy atom. The van der Waals surface area contributed by atoms with Gasteiger partial charge < -0.3 is 19.4 Å². The Kier molecular flexibility index (Phi) is 7.47. The SMILES string of the molecule is CCNC(=NCC(c1ccc(C)o1)N1CCOCC1)N(C)Cc1csc(C)n1. The molecule has 0 spiro atoms. The van der Waals surface area contributed by atoms with E-state index in [2.05, 4.69) is 45.5 Å². The number of aromatic nitrogens is 1. The molecule has 0 amide bonds. The van der Waals surface area contributed by atoms with Crippen molar-refractivity contribution < 1.29 is 9.15 Å². The van der Waals surface area contributed by atoms with Gasteiger partial charge in [-0.1, -0.05) is 0 Å². The first-order chi connectivity index (χ1) is 13.6. The van der Waals surface area contributed by atoms with Gasteiger partial charge in [0.2, 0.25) is 0 Å². The van der Waals surface area contributed by atoms with Gasteiger partial charge in [-0.2, -0.15) is 0 Å². The predicted molar refractivity (Wildman–Crippen MR) is 113 cm³/mol. The van der Waals surface area contributed by atoms with Gasteiger partial charge in [-0.15, -0.1) is 11.3 Å². The molecule has 0 bridgehead atoms. The van der Waals surface area contributed by atoms with Gasteiger partial charge in [0.1, 0.15) is 11.5 Å². The lowest BCUT2D eigenvalue weighted by Gasteiger charge is -2.33. The first kappa shape index (κ1) is 20.8. The molecule has 0 aromatic carbocycles. The molecule has 1 aliphatic rings. The molecule has 0 aliphatic carbocycles. The zero-order valence-electron chi connectivity index (χ0n) is 17.3. The fourth-order valence-corrected chi connectivity index (χ4v) is 3.95. The van der Waals surface area contributed by atoms with Crippen LogP contribution < -0.4 is 5.32 Å². The molecule has 1 aliphatic heterocycles. The van der Waals surface area contributed by atoms with Crippen LogP contribution in [0.25, 0.3) is 0 Å². The van der Waals surface area contributed by atoms with Crippen molar-refractivity contribution in [3.05, 3.63) is 39.7 Å². The van der Waals surface area contributed by atoms with Gasteiger partial charge in [0, 0.05) is 32.1 Å². The van der Waals surface area contributed by atoms with Crippen molar-refractivity contribution in [1.82, 2.24) is 20.1 Å². The summed E-state index contributed by atoms with van der Waals surface area (Å²) in [6.07, 6.45) is 0. The highest BCUT2D eigenvalue weighted by Crippen LogP contribution is 2.24. The lowest BCUT2D eigenvalue weighted by atomic mass is 10.1. The van der Waals surface area contributed by atoms with Crippen molar-refractivity contribution in [2.45, 2.75) is 33.4 Å². The van der Waals surface area contributed by atoms with Crippen LogP contribution in [0.2, 0.25) is 0 Å². The van der Waals surface area contributed by atoms with E-state index >= 15 is 0 Å². The largest absolute Gasteiger partial charge is 0.465 e. The molecular weight excluding hydrogens is 374 g/mol. The maximum Gasteiger partial charge on any atom is 0.194 e. The monoisotopic (exact) mass is 405 g/mol. The minimum absolute atomic E-state index is 0.112. The van der Waals surface area contributed by atoms with Gasteiger partial charge in [0.05, 0.1) is 43.0 Å². The first-order valence-electron chi connectivity index (χ1n) is 9.85. The third kappa shape index (κ3) is 5.56. The summed E-state index contributed by atoms with van der Waals surface area (Å²) in [5.41, 5.74) is 1.07. The van der Waals surface area contributed by atoms with E-state index in [4.69, 9.17) is 14.1 Å². The van der Waals surface area contributed by atoms with E-state index < -0.39 is 0 Å². The molecule has 7 nitrogen and oxygen atoms in total. The number of rotatable bonds is 7. The van der Waals surface area contributed by atoms with Crippen molar-refractivity contribution in [2.75, 3.05) is 46.4 Å². The van der Waals surface area contributed by atoms with Gasteiger partial charge in [0.15, 0.2) is 5.96 Å². The van der Waals surface area contributed by atoms with Crippen LogP contribution in [0.4, 0.5) is 0 Å². The van der Waals surface area contributed by atoms with Crippen LogP contribution in [0.15, 0.2) is 26.9 Å². The smallest absolute Gasteiger partial charge is 0.194 e. The second-order valence-corrected chi connectivity index (χ2v) is 8.08. The number of hydrogen-bond acceptors (Lipinski definition) is 6. The summed E-state index contributed by atoms with van der Waals surface area (Å²) >= 11 is 1.68. The number of nitrogens with one attached hydrogen (secondary N) is 1. The van der Waals surface area contributed by atoms with Gasteiger partial charge in [-0.05, 0) is 32.9 Å². The van der Waals surface area contributed by atoms with Crippen molar-refractivity contribution in [2.24, 2.45) is 4.99 Å². The third-order valence-corrected chi connectivity index (χ3v) is 5.57. The van der Waals surface area contributed by atoms with E-state index in [0.717, 1.165) is 67.6 Å².